The van der Waals surface area contributed by atoms with Gasteiger partial charge >= 0.3 is 0 Å². The lowest BCUT2D eigenvalue weighted by molar-refractivity contribution is 0.174. The van der Waals surface area contributed by atoms with E-state index in [0.717, 1.165) is 0 Å². The van der Waals surface area contributed by atoms with Crippen LogP contribution in [0.1, 0.15) is 5.56 Å². The van der Waals surface area contributed by atoms with Crippen LogP contribution in [-0.4, -0.2) is 19.7 Å². The first-order valence-corrected chi connectivity index (χ1v) is 6.27. The lowest BCUT2D eigenvalue weighted by Gasteiger charge is -2.12. The van der Waals surface area contributed by atoms with Crippen LogP contribution in [0.3, 0.4) is 0 Å². The Hall–Kier alpha value is -2.89. The first-order valence-electron chi connectivity index (χ1n) is 6.27. The van der Waals surface area contributed by atoms with E-state index in [-0.39, 0.29) is 12.6 Å². The first kappa shape index (κ1) is 13.1. The molecular weight excluding hydrogens is 272 g/mol. The van der Waals surface area contributed by atoms with E-state index in [0.29, 0.717) is 34.3 Å². The Bertz CT molecular complexity index is 700. The predicted octanol–water partition coefficient (Wildman–Crippen LogP) is 2.50. The molecule has 6 nitrogen and oxygen atoms in total. The number of nitrogens with one attached hydrogen (secondary N) is 1. The highest BCUT2D eigenvalue weighted by Gasteiger charge is 2.15. The average Bonchev–Trinajstić information content (AvgIpc) is 2.94. The molecule has 2 aromatic carbocycles. The Morgan fingerprint density at radius 2 is 1.86 bits per heavy atom. The second kappa shape index (κ2) is 5.24. The molecule has 0 aliphatic carbocycles. The van der Waals surface area contributed by atoms with Crippen LogP contribution in [0.5, 0.6) is 28.7 Å². The highest BCUT2D eigenvalue weighted by molar-refractivity contribution is 5.97. The van der Waals surface area contributed by atoms with Gasteiger partial charge in [-0.25, -0.2) is 0 Å². The van der Waals surface area contributed by atoms with E-state index in [2.05, 4.69) is 0 Å². The van der Waals surface area contributed by atoms with Gasteiger partial charge in [-0.1, -0.05) is 0 Å². The lowest BCUT2D eigenvalue weighted by Crippen LogP contribution is -2.12. The SMILES string of the molecule is COc1ccc(C(=N)N)c(Oc2ccc3c(c2)OCO3)c1. The summed E-state index contributed by atoms with van der Waals surface area (Å²) in [7, 11) is 1.56. The van der Waals surface area contributed by atoms with E-state index in [1.807, 2.05) is 0 Å². The molecule has 0 unspecified atom stereocenters. The van der Waals surface area contributed by atoms with Gasteiger partial charge < -0.3 is 24.7 Å². The Balaban J connectivity index is 1.95. The summed E-state index contributed by atoms with van der Waals surface area (Å²) in [6, 6.07) is 10.3. The predicted molar refractivity (Wildman–Crippen MR) is 76.6 cm³/mol. The molecule has 21 heavy (non-hydrogen) atoms. The van der Waals surface area contributed by atoms with Crippen molar-refractivity contribution in [3.8, 4) is 28.7 Å². The lowest BCUT2D eigenvalue weighted by atomic mass is 10.1. The molecule has 6 heteroatoms. The third-order valence-corrected chi connectivity index (χ3v) is 3.05. The van der Waals surface area contributed by atoms with Crippen LogP contribution >= 0.6 is 0 Å². The van der Waals surface area contributed by atoms with E-state index >= 15 is 0 Å². The molecule has 108 valence electrons. The third-order valence-electron chi connectivity index (χ3n) is 3.05. The van der Waals surface area contributed by atoms with Gasteiger partial charge in [-0.05, 0) is 24.3 Å². The summed E-state index contributed by atoms with van der Waals surface area (Å²) in [5.41, 5.74) is 6.06. The molecule has 0 bridgehead atoms. The van der Waals surface area contributed by atoms with Crippen LogP contribution in [0.15, 0.2) is 36.4 Å². The molecule has 1 aliphatic rings. The third kappa shape index (κ3) is 2.55. The zero-order valence-electron chi connectivity index (χ0n) is 11.4. The van der Waals surface area contributed by atoms with Gasteiger partial charge in [0, 0.05) is 12.1 Å². The van der Waals surface area contributed by atoms with Crippen LogP contribution in [0.4, 0.5) is 0 Å². The van der Waals surface area contributed by atoms with E-state index < -0.39 is 0 Å². The zero-order valence-corrected chi connectivity index (χ0v) is 11.4. The summed E-state index contributed by atoms with van der Waals surface area (Å²) in [6.07, 6.45) is 0. The number of benzene rings is 2. The molecule has 3 rings (SSSR count). The smallest absolute Gasteiger partial charge is 0.231 e. The summed E-state index contributed by atoms with van der Waals surface area (Å²) in [5.74, 6) is 2.86. The Morgan fingerprint density at radius 3 is 2.62 bits per heavy atom. The molecule has 3 N–H and O–H groups in total. The topological polar surface area (TPSA) is 86.8 Å². The van der Waals surface area contributed by atoms with Crippen molar-refractivity contribution in [3.63, 3.8) is 0 Å². The number of hydrogen-bond donors (Lipinski definition) is 2. The highest BCUT2D eigenvalue weighted by Crippen LogP contribution is 2.37. The van der Waals surface area contributed by atoms with Crippen molar-refractivity contribution in [2.24, 2.45) is 5.73 Å². The monoisotopic (exact) mass is 286 g/mol. The van der Waals surface area contributed by atoms with Crippen molar-refractivity contribution in [1.82, 2.24) is 0 Å². The quantitative estimate of drug-likeness (QED) is 0.666. The van der Waals surface area contributed by atoms with Gasteiger partial charge in [0.05, 0.1) is 12.7 Å². The van der Waals surface area contributed by atoms with Gasteiger partial charge in [-0.3, -0.25) is 5.41 Å². The number of methoxy groups -OCH3 is 1. The zero-order chi connectivity index (χ0) is 14.8. The summed E-state index contributed by atoms with van der Waals surface area (Å²) in [4.78, 5) is 0. The second-order valence-electron chi connectivity index (χ2n) is 4.39. The van der Waals surface area contributed by atoms with Gasteiger partial charge in [-0.15, -0.1) is 0 Å². The van der Waals surface area contributed by atoms with E-state index in [1.54, 1.807) is 43.5 Å². The molecule has 0 saturated carbocycles. The number of fused-ring (bicyclic) bond motifs is 1. The number of rotatable bonds is 4. The number of amidine groups is 1. The summed E-state index contributed by atoms with van der Waals surface area (Å²) in [5, 5.41) is 7.60. The molecule has 0 saturated heterocycles. The summed E-state index contributed by atoms with van der Waals surface area (Å²) >= 11 is 0. The molecule has 0 radical (unpaired) electrons. The molecule has 1 aliphatic heterocycles. The minimum atomic E-state index is -0.0756. The minimum absolute atomic E-state index is 0.0756. The fraction of sp³-hybridized carbons (Fsp3) is 0.133. The largest absolute Gasteiger partial charge is 0.497 e. The number of nitrogens with two attached hydrogens (primary N) is 1. The molecule has 1 heterocycles. The first-order chi connectivity index (χ1) is 10.2. The van der Waals surface area contributed by atoms with Crippen molar-refractivity contribution in [2.75, 3.05) is 13.9 Å². The maximum Gasteiger partial charge on any atom is 0.231 e. The Labute approximate surface area is 121 Å². The summed E-state index contributed by atoms with van der Waals surface area (Å²) < 4.78 is 21.5. The van der Waals surface area contributed by atoms with Crippen molar-refractivity contribution in [2.45, 2.75) is 0 Å². The molecule has 0 spiro atoms. The Kier molecular flexibility index (Phi) is 3.27. The summed E-state index contributed by atoms with van der Waals surface area (Å²) in [6.45, 7) is 0.205. The van der Waals surface area contributed by atoms with Gasteiger partial charge in [0.2, 0.25) is 6.79 Å². The van der Waals surface area contributed by atoms with Crippen molar-refractivity contribution >= 4 is 5.84 Å². The Morgan fingerprint density at radius 1 is 1.10 bits per heavy atom. The normalized spacial score (nSPS) is 12.0. The molecule has 2 aromatic rings. The van der Waals surface area contributed by atoms with Crippen molar-refractivity contribution in [1.29, 1.82) is 5.41 Å². The van der Waals surface area contributed by atoms with E-state index in [1.165, 1.54) is 0 Å². The fourth-order valence-corrected chi connectivity index (χ4v) is 2.00. The fourth-order valence-electron chi connectivity index (χ4n) is 2.00. The highest BCUT2D eigenvalue weighted by atomic mass is 16.7. The molecule has 0 atom stereocenters. The maximum absolute atomic E-state index is 7.60. The van der Waals surface area contributed by atoms with E-state index in [4.69, 9.17) is 30.1 Å². The van der Waals surface area contributed by atoms with Crippen LogP contribution in [0, 0.1) is 5.41 Å². The van der Waals surface area contributed by atoms with Gasteiger partial charge in [0.15, 0.2) is 11.5 Å². The number of hydrogen-bond acceptors (Lipinski definition) is 5. The molecule has 0 amide bonds. The van der Waals surface area contributed by atoms with E-state index in [9.17, 15) is 0 Å². The van der Waals surface area contributed by atoms with Crippen LogP contribution < -0.4 is 24.7 Å². The van der Waals surface area contributed by atoms with Crippen LogP contribution in [0.25, 0.3) is 0 Å². The molecular formula is C15H14N2O4. The van der Waals surface area contributed by atoms with Gasteiger partial charge in [0.1, 0.15) is 23.1 Å². The van der Waals surface area contributed by atoms with Gasteiger partial charge in [0.25, 0.3) is 0 Å². The molecule has 0 fully saturated rings. The van der Waals surface area contributed by atoms with Crippen molar-refractivity contribution in [3.05, 3.63) is 42.0 Å². The molecule has 0 aromatic heterocycles. The maximum atomic E-state index is 7.60. The number of ether oxygens (including phenoxy) is 4. The average molecular weight is 286 g/mol. The van der Waals surface area contributed by atoms with Gasteiger partial charge in [-0.2, -0.15) is 0 Å². The second-order valence-corrected chi connectivity index (χ2v) is 4.39. The van der Waals surface area contributed by atoms with Crippen LogP contribution in [0.2, 0.25) is 0 Å². The number of nitrogen functional groups attached to an aromatic ring is 1. The van der Waals surface area contributed by atoms with Crippen molar-refractivity contribution < 1.29 is 18.9 Å². The minimum Gasteiger partial charge on any atom is -0.497 e. The van der Waals surface area contributed by atoms with Crippen LogP contribution in [-0.2, 0) is 0 Å². The standard InChI is InChI=1S/C15H14N2O4/c1-18-9-2-4-11(15(16)17)13(6-9)21-10-3-5-12-14(7-10)20-8-19-12/h2-7H,8H2,1H3,(H3,16,17).